The van der Waals surface area contributed by atoms with E-state index in [9.17, 15) is 20.0 Å². The predicted octanol–water partition coefficient (Wildman–Crippen LogP) is -0.126. The maximum absolute atomic E-state index is 11.2. The van der Waals surface area contributed by atoms with Crippen LogP contribution < -0.4 is 20.6 Å². The fourth-order valence-electron chi connectivity index (χ4n) is 1.87. The molecule has 130 valence electrons. The lowest BCUT2D eigenvalue weighted by Gasteiger charge is -2.17. The van der Waals surface area contributed by atoms with Crippen molar-refractivity contribution in [2.45, 2.75) is 0 Å². The molecule has 0 aromatic carbocycles. The van der Waals surface area contributed by atoms with Crippen molar-refractivity contribution in [3.05, 3.63) is 57.1 Å². The van der Waals surface area contributed by atoms with Crippen molar-refractivity contribution < 1.29 is 19.9 Å². The summed E-state index contributed by atoms with van der Waals surface area (Å²) in [6.45, 7) is 1.56. The minimum Gasteiger partial charge on any atom is -0.475 e. The van der Waals surface area contributed by atoms with Gasteiger partial charge in [-0.15, -0.1) is 9.46 Å². The molecule has 0 saturated carbocycles. The Morgan fingerprint density at radius 1 is 0.875 bits per heavy atom. The van der Waals surface area contributed by atoms with Crippen LogP contribution in [0.4, 0.5) is 0 Å². The smallest absolute Gasteiger partial charge is 0.286 e. The highest BCUT2D eigenvalue weighted by atomic mass is 16.6. The van der Waals surface area contributed by atoms with E-state index >= 15 is 0 Å². The van der Waals surface area contributed by atoms with Gasteiger partial charge in [-0.25, -0.2) is 0 Å². The Bertz CT molecular complexity index is 720. The molecule has 2 rings (SSSR count). The molecule has 9 heteroatoms. The first-order chi connectivity index (χ1) is 11.5. The first-order valence-electron chi connectivity index (χ1n) is 7.26. The molecule has 0 aliphatic heterocycles. The maximum Gasteiger partial charge on any atom is 0.286 e. The van der Waals surface area contributed by atoms with Gasteiger partial charge in [0.1, 0.15) is 13.2 Å². The van der Waals surface area contributed by atoms with Crippen molar-refractivity contribution in [1.82, 2.24) is 14.4 Å². The molecule has 0 atom stereocenters. The summed E-state index contributed by atoms with van der Waals surface area (Å²) in [5.41, 5.74) is -1.13. The van der Waals surface area contributed by atoms with E-state index in [1.165, 1.54) is 36.4 Å². The Morgan fingerprint density at radius 2 is 1.29 bits per heavy atom. The van der Waals surface area contributed by atoms with Gasteiger partial charge in [0.15, 0.2) is 0 Å². The SMILES string of the molecule is CN(CCOc1cccc(=O)n1O)CCOc1cccc(=O)n1O. The maximum atomic E-state index is 11.2. The first-order valence-corrected chi connectivity index (χ1v) is 7.26. The molecule has 2 aromatic heterocycles. The molecule has 0 unspecified atom stereocenters. The van der Waals surface area contributed by atoms with Crippen LogP contribution in [0.25, 0.3) is 0 Å². The molecule has 0 saturated heterocycles. The van der Waals surface area contributed by atoms with Crippen LogP contribution in [0.2, 0.25) is 0 Å². The molecule has 0 amide bonds. The molecule has 0 radical (unpaired) electrons. The predicted molar refractivity (Wildman–Crippen MR) is 84.3 cm³/mol. The first kappa shape index (κ1) is 17.4. The van der Waals surface area contributed by atoms with Gasteiger partial charge in [0, 0.05) is 37.4 Å². The summed E-state index contributed by atoms with van der Waals surface area (Å²) in [7, 11) is 1.83. The zero-order valence-corrected chi connectivity index (χ0v) is 13.2. The molecule has 9 nitrogen and oxygen atoms in total. The summed E-state index contributed by atoms with van der Waals surface area (Å²) in [5, 5.41) is 18.9. The van der Waals surface area contributed by atoms with Crippen LogP contribution in [-0.4, -0.2) is 58.1 Å². The molecular formula is C15H19N3O6. The number of hydrogen-bond acceptors (Lipinski definition) is 7. The van der Waals surface area contributed by atoms with E-state index in [0.717, 1.165) is 0 Å². The van der Waals surface area contributed by atoms with E-state index in [1.807, 2.05) is 11.9 Å². The second-order valence-electron chi connectivity index (χ2n) is 5.03. The minimum absolute atomic E-state index is 0.0701. The van der Waals surface area contributed by atoms with E-state index in [0.29, 0.717) is 22.6 Å². The van der Waals surface area contributed by atoms with Crippen molar-refractivity contribution in [3.8, 4) is 11.8 Å². The topological polar surface area (TPSA) is 106 Å². The fourth-order valence-corrected chi connectivity index (χ4v) is 1.87. The van der Waals surface area contributed by atoms with Crippen LogP contribution in [-0.2, 0) is 0 Å². The largest absolute Gasteiger partial charge is 0.475 e. The number of nitrogens with zero attached hydrogens (tertiary/aromatic N) is 3. The summed E-state index contributed by atoms with van der Waals surface area (Å²) in [4.78, 5) is 24.3. The lowest BCUT2D eigenvalue weighted by atomic mass is 10.5. The average Bonchev–Trinajstić information content (AvgIpc) is 2.55. The van der Waals surface area contributed by atoms with E-state index in [-0.39, 0.29) is 25.0 Å². The number of rotatable bonds is 8. The summed E-state index contributed by atoms with van der Waals surface area (Å²) in [5.74, 6) is 0.140. The highest BCUT2D eigenvalue weighted by Crippen LogP contribution is 2.05. The van der Waals surface area contributed by atoms with Gasteiger partial charge in [0.05, 0.1) is 0 Å². The summed E-state index contributed by atoms with van der Waals surface area (Å²) >= 11 is 0. The molecule has 2 N–H and O–H groups in total. The van der Waals surface area contributed by atoms with Crippen molar-refractivity contribution in [2.24, 2.45) is 0 Å². The second-order valence-corrected chi connectivity index (χ2v) is 5.03. The third-order valence-corrected chi connectivity index (χ3v) is 3.24. The van der Waals surface area contributed by atoms with Crippen molar-refractivity contribution in [3.63, 3.8) is 0 Å². The van der Waals surface area contributed by atoms with Gasteiger partial charge in [0.2, 0.25) is 11.8 Å². The van der Waals surface area contributed by atoms with Crippen molar-refractivity contribution in [1.29, 1.82) is 0 Å². The lowest BCUT2D eigenvalue weighted by molar-refractivity contribution is 0.112. The summed E-state index contributed by atoms with van der Waals surface area (Å²) < 4.78 is 11.6. The van der Waals surface area contributed by atoms with Crippen LogP contribution in [0.1, 0.15) is 0 Å². The molecule has 0 aliphatic rings. The molecule has 0 bridgehead atoms. The van der Waals surface area contributed by atoms with E-state index in [4.69, 9.17) is 9.47 Å². The average molecular weight is 337 g/mol. The van der Waals surface area contributed by atoms with E-state index in [1.54, 1.807) is 0 Å². The second kappa shape index (κ2) is 8.06. The third kappa shape index (κ3) is 4.53. The quantitative estimate of drug-likeness (QED) is 0.647. The van der Waals surface area contributed by atoms with Crippen LogP contribution in [0.3, 0.4) is 0 Å². The van der Waals surface area contributed by atoms with Gasteiger partial charge in [-0.1, -0.05) is 12.1 Å². The van der Waals surface area contributed by atoms with Crippen LogP contribution in [0.5, 0.6) is 11.8 Å². The number of aromatic nitrogens is 2. The van der Waals surface area contributed by atoms with Crippen molar-refractivity contribution >= 4 is 0 Å². The zero-order valence-electron chi connectivity index (χ0n) is 13.2. The molecule has 24 heavy (non-hydrogen) atoms. The van der Waals surface area contributed by atoms with Gasteiger partial charge in [-0.3, -0.25) is 14.5 Å². The van der Waals surface area contributed by atoms with Gasteiger partial charge in [-0.2, -0.15) is 0 Å². The molecule has 0 fully saturated rings. The Balaban J connectivity index is 1.73. The third-order valence-electron chi connectivity index (χ3n) is 3.24. The Morgan fingerprint density at radius 3 is 1.71 bits per heavy atom. The van der Waals surface area contributed by atoms with Gasteiger partial charge in [0.25, 0.3) is 11.1 Å². The van der Waals surface area contributed by atoms with Gasteiger partial charge < -0.3 is 19.9 Å². The fraction of sp³-hybridized carbons (Fsp3) is 0.333. The summed E-state index contributed by atoms with van der Waals surface area (Å²) in [6.07, 6.45) is 0. The number of hydrogen-bond donors (Lipinski definition) is 2. The Hall–Kier alpha value is -2.94. The monoisotopic (exact) mass is 337 g/mol. The zero-order chi connectivity index (χ0) is 17.5. The standard InChI is InChI=1S/C15H19N3O6/c1-16(8-10-23-14-6-2-4-12(19)17(14)21)9-11-24-15-7-3-5-13(20)18(15)22/h2-7,21-22H,8-11H2,1H3. The molecule has 0 spiro atoms. The number of ether oxygens (including phenoxy) is 2. The number of pyridine rings is 2. The number of likely N-dealkylation sites (N-methyl/N-ethyl adjacent to an activating group) is 1. The molecule has 2 aromatic rings. The van der Waals surface area contributed by atoms with E-state index < -0.39 is 11.1 Å². The van der Waals surface area contributed by atoms with Crippen LogP contribution >= 0.6 is 0 Å². The minimum atomic E-state index is -0.563. The molecule has 0 aliphatic carbocycles. The van der Waals surface area contributed by atoms with Gasteiger partial charge >= 0.3 is 0 Å². The molecule has 2 heterocycles. The van der Waals surface area contributed by atoms with Gasteiger partial charge in [-0.05, 0) is 7.05 Å². The van der Waals surface area contributed by atoms with Crippen molar-refractivity contribution in [2.75, 3.05) is 33.4 Å². The highest BCUT2D eigenvalue weighted by Gasteiger charge is 2.06. The Kier molecular flexibility index (Phi) is 5.85. The van der Waals surface area contributed by atoms with E-state index in [2.05, 4.69) is 0 Å². The Labute approximate surface area is 137 Å². The van der Waals surface area contributed by atoms with Crippen LogP contribution in [0, 0.1) is 0 Å². The lowest BCUT2D eigenvalue weighted by Crippen LogP contribution is -2.30. The van der Waals surface area contributed by atoms with Crippen LogP contribution in [0.15, 0.2) is 46.0 Å². The highest BCUT2D eigenvalue weighted by molar-refractivity contribution is 5.11. The normalized spacial score (nSPS) is 10.8. The summed E-state index contributed by atoms with van der Waals surface area (Å²) in [6, 6.07) is 8.41. The molecular weight excluding hydrogens is 318 g/mol.